The van der Waals surface area contributed by atoms with Crippen LogP contribution in [0.5, 0.6) is 0 Å². The molecule has 0 unspecified atom stereocenters. The summed E-state index contributed by atoms with van der Waals surface area (Å²) < 4.78 is 9.94. The van der Waals surface area contributed by atoms with Crippen molar-refractivity contribution in [2.75, 3.05) is 26.8 Å². The van der Waals surface area contributed by atoms with Crippen LogP contribution in [0.25, 0.3) is 0 Å². The molecule has 5 heteroatoms. The molecule has 2 heterocycles. The number of carbonyl (C=O) groups excluding carboxylic acids is 2. The van der Waals surface area contributed by atoms with Crippen LogP contribution in [0.15, 0.2) is 35.5 Å². The number of methoxy groups -OCH3 is 1. The third-order valence-electron chi connectivity index (χ3n) is 4.69. The van der Waals surface area contributed by atoms with Gasteiger partial charge in [-0.25, -0.2) is 9.59 Å². The van der Waals surface area contributed by atoms with Crippen LogP contribution in [0, 0.1) is 0 Å². The molecule has 1 aromatic carbocycles. The van der Waals surface area contributed by atoms with Gasteiger partial charge in [0.05, 0.1) is 23.9 Å². The molecule has 0 saturated carbocycles. The summed E-state index contributed by atoms with van der Waals surface area (Å²) in [5, 5.41) is 0. The van der Waals surface area contributed by atoms with E-state index < -0.39 is 0 Å². The van der Waals surface area contributed by atoms with Crippen molar-refractivity contribution in [1.82, 2.24) is 4.90 Å². The lowest BCUT2D eigenvalue weighted by Crippen LogP contribution is -2.20. The Labute approximate surface area is 142 Å². The molecule has 1 saturated heterocycles. The largest absolute Gasteiger partial charge is 0.465 e. The van der Waals surface area contributed by atoms with Gasteiger partial charge in [-0.2, -0.15) is 0 Å². The van der Waals surface area contributed by atoms with Crippen molar-refractivity contribution in [2.45, 2.75) is 32.1 Å². The average molecular weight is 329 g/mol. The van der Waals surface area contributed by atoms with E-state index in [4.69, 9.17) is 9.47 Å². The van der Waals surface area contributed by atoms with E-state index in [1.165, 1.54) is 20.0 Å². The number of hydrogen-bond donors (Lipinski definition) is 0. The molecule has 2 aliphatic rings. The number of benzene rings is 1. The summed E-state index contributed by atoms with van der Waals surface area (Å²) in [6.07, 6.45) is 4.88. The van der Waals surface area contributed by atoms with Gasteiger partial charge < -0.3 is 14.4 Å². The molecular formula is C19H23NO4. The molecule has 2 aliphatic heterocycles. The second-order valence-electron chi connectivity index (χ2n) is 6.24. The number of likely N-dealkylation sites (tertiary alicyclic amines) is 1. The zero-order chi connectivity index (χ0) is 16.9. The summed E-state index contributed by atoms with van der Waals surface area (Å²) in [4.78, 5) is 25.7. The molecule has 128 valence electrons. The molecule has 3 rings (SSSR count). The summed E-state index contributed by atoms with van der Waals surface area (Å²) in [5.41, 5.74) is 3.65. The third-order valence-corrected chi connectivity index (χ3v) is 4.69. The minimum Gasteiger partial charge on any atom is -0.465 e. The van der Waals surface area contributed by atoms with Crippen molar-refractivity contribution < 1.29 is 19.1 Å². The fraction of sp³-hybridized carbons (Fsp3) is 0.474. The van der Waals surface area contributed by atoms with Gasteiger partial charge in [-0.3, -0.25) is 0 Å². The first-order chi connectivity index (χ1) is 11.7. The summed E-state index contributed by atoms with van der Waals surface area (Å²) in [7, 11) is 1.38. The molecule has 0 N–H and O–H groups in total. The first-order valence-corrected chi connectivity index (χ1v) is 8.50. The van der Waals surface area contributed by atoms with Crippen molar-refractivity contribution in [1.29, 1.82) is 0 Å². The number of rotatable bonds is 6. The monoisotopic (exact) mass is 329 g/mol. The van der Waals surface area contributed by atoms with E-state index in [1.54, 1.807) is 12.1 Å². The molecule has 0 spiro atoms. The highest BCUT2D eigenvalue weighted by molar-refractivity contribution is 5.91. The van der Waals surface area contributed by atoms with Gasteiger partial charge in [-0.05, 0) is 49.8 Å². The minimum absolute atomic E-state index is 0.155. The Balaban J connectivity index is 1.57. The number of hydrogen-bond acceptors (Lipinski definition) is 5. The van der Waals surface area contributed by atoms with Gasteiger partial charge in [0.25, 0.3) is 0 Å². The van der Waals surface area contributed by atoms with Crippen molar-refractivity contribution in [3.8, 4) is 0 Å². The lowest BCUT2D eigenvalue weighted by molar-refractivity contribution is -0.136. The van der Waals surface area contributed by atoms with E-state index >= 15 is 0 Å². The van der Waals surface area contributed by atoms with Crippen LogP contribution in [-0.2, 0) is 20.7 Å². The average Bonchev–Trinajstić information content (AvgIpc) is 3.25. The molecule has 0 aliphatic carbocycles. The third kappa shape index (κ3) is 3.61. The Morgan fingerprint density at radius 1 is 1.17 bits per heavy atom. The number of aryl methyl sites for hydroxylation is 1. The molecule has 0 amide bonds. The maximum absolute atomic E-state index is 12.0. The minimum atomic E-state index is -0.323. The molecule has 5 nitrogen and oxygen atoms in total. The summed E-state index contributed by atoms with van der Waals surface area (Å²) in [6, 6.07) is 7.43. The Bertz CT molecular complexity index is 642. The van der Waals surface area contributed by atoms with Crippen LogP contribution in [0.4, 0.5) is 0 Å². The van der Waals surface area contributed by atoms with Gasteiger partial charge in [0.2, 0.25) is 0 Å². The normalized spacial score (nSPS) is 17.4. The van der Waals surface area contributed by atoms with Gasteiger partial charge in [-0.15, -0.1) is 0 Å². The maximum atomic E-state index is 12.0. The van der Waals surface area contributed by atoms with Gasteiger partial charge >= 0.3 is 11.9 Å². The molecular weight excluding hydrogens is 306 g/mol. The fourth-order valence-corrected chi connectivity index (χ4v) is 3.34. The Morgan fingerprint density at radius 3 is 2.54 bits per heavy atom. The number of ether oxygens (including phenoxy) is 2. The van der Waals surface area contributed by atoms with E-state index in [-0.39, 0.29) is 11.9 Å². The van der Waals surface area contributed by atoms with Gasteiger partial charge in [0, 0.05) is 13.1 Å². The van der Waals surface area contributed by atoms with Crippen LogP contribution >= 0.6 is 0 Å². The molecule has 1 fully saturated rings. The molecule has 24 heavy (non-hydrogen) atoms. The van der Waals surface area contributed by atoms with Crippen LogP contribution < -0.4 is 0 Å². The SMILES string of the molecule is COC(=O)c1ccc(CCCC2=C(N3CCCC3)COC2=O)cc1. The lowest BCUT2D eigenvalue weighted by atomic mass is 10.0. The van der Waals surface area contributed by atoms with Gasteiger partial charge in [-0.1, -0.05) is 12.1 Å². The lowest BCUT2D eigenvalue weighted by Gasteiger charge is -2.18. The highest BCUT2D eigenvalue weighted by atomic mass is 16.5. The van der Waals surface area contributed by atoms with Crippen LogP contribution in [0.3, 0.4) is 0 Å². The number of carbonyl (C=O) groups is 2. The highest BCUT2D eigenvalue weighted by Crippen LogP contribution is 2.27. The van der Waals surface area contributed by atoms with Crippen molar-refractivity contribution in [2.24, 2.45) is 0 Å². The second-order valence-corrected chi connectivity index (χ2v) is 6.24. The van der Waals surface area contributed by atoms with Crippen LogP contribution in [0.2, 0.25) is 0 Å². The van der Waals surface area contributed by atoms with Gasteiger partial charge in [0.1, 0.15) is 6.61 Å². The smallest absolute Gasteiger partial charge is 0.337 e. The highest BCUT2D eigenvalue weighted by Gasteiger charge is 2.29. The Kier molecular flexibility index (Phi) is 5.18. The topological polar surface area (TPSA) is 55.8 Å². The predicted octanol–water partition coefficient (Wildman–Crippen LogP) is 2.70. The van der Waals surface area contributed by atoms with Crippen molar-refractivity contribution >= 4 is 11.9 Å². The standard InChI is InChI=1S/C19H23NO4/c1-23-18(21)15-9-7-14(8-10-15)5-4-6-16-17(13-24-19(16)22)20-11-2-3-12-20/h7-10H,2-6,11-13H2,1H3. The van der Waals surface area contributed by atoms with E-state index in [0.29, 0.717) is 12.2 Å². The predicted molar refractivity (Wildman–Crippen MR) is 89.5 cm³/mol. The first-order valence-electron chi connectivity index (χ1n) is 8.50. The van der Waals surface area contributed by atoms with Crippen molar-refractivity contribution in [3.05, 3.63) is 46.7 Å². The van der Waals surface area contributed by atoms with E-state index in [1.807, 2.05) is 12.1 Å². The van der Waals surface area contributed by atoms with E-state index in [0.717, 1.165) is 49.2 Å². The van der Waals surface area contributed by atoms with Crippen LogP contribution in [0.1, 0.15) is 41.6 Å². The molecule has 0 bridgehead atoms. The fourth-order valence-electron chi connectivity index (χ4n) is 3.34. The molecule has 1 aromatic rings. The quantitative estimate of drug-likeness (QED) is 0.751. The second kappa shape index (κ2) is 7.51. The van der Waals surface area contributed by atoms with E-state index in [9.17, 15) is 9.59 Å². The van der Waals surface area contributed by atoms with E-state index in [2.05, 4.69) is 4.90 Å². The number of nitrogens with zero attached hydrogens (tertiary/aromatic N) is 1. The summed E-state index contributed by atoms with van der Waals surface area (Å²) in [6.45, 7) is 2.50. The van der Waals surface area contributed by atoms with Crippen LogP contribution in [-0.4, -0.2) is 43.6 Å². The zero-order valence-electron chi connectivity index (χ0n) is 14.0. The Morgan fingerprint density at radius 2 is 1.88 bits per heavy atom. The van der Waals surface area contributed by atoms with Gasteiger partial charge in [0.15, 0.2) is 0 Å². The summed E-state index contributed by atoms with van der Waals surface area (Å²) >= 11 is 0. The maximum Gasteiger partial charge on any atom is 0.337 e. The summed E-state index contributed by atoms with van der Waals surface area (Å²) in [5.74, 6) is -0.478. The van der Waals surface area contributed by atoms with Crippen molar-refractivity contribution in [3.63, 3.8) is 0 Å². The number of cyclic esters (lactones) is 1. The molecule has 0 aromatic heterocycles. The number of esters is 2. The zero-order valence-corrected chi connectivity index (χ0v) is 14.0. The molecule has 0 radical (unpaired) electrons. The first kappa shape index (κ1) is 16.6. The molecule has 0 atom stereocenters. The Hall–Kier alpha value is -2.30.